The van der Waals surface area contributed by atoms with E-state index in [4.69, 9.17) is 5.73 Å². The number of carbonyl (C=O) groups excluding carboxylic acids is 1. The van der Waals surface area contributed by atoms with Crippen molar-refractivity contribution in [2.75, 3.05) is 6.54 Å². The number of nitrogens with two attached hydrogens (primary N) is 1. The quantitative estimate of drug-likeness (QED) is 0.804. The van der Waals surface area contributed by atoms with Crippen molar-refractivity contribution in [3.05, 3.63) is 34.5 Å². The van der Waals surface area contributed by atoms with Crippen molar-refractivity contribution in [3.63, 3.8) is 0 Å². The Bertz CT molecular complexity index is 623. The summed E-state index contributed by atoms with van der Waals surface area (Å²) in [6, 6.07) is 1.57. The number of hydrogen-bond donors (Lipinski definition) is 2. The average molecular weight is 289 g/mol. The maximum absolute atomic E-state index is 12.0. The Morgan fingerprint density at radius 2 is 2.50 bits per heavy atom. The highest BCUT2D eigenvalue weighted by molar-refractivity contribution is 7.10. The van der Waals surface area contributed by atoms with E-state index >= 15 is 0 Å². The van der Waals surface area contributed by atoms with E-state index in [1.165, 1.54) is 17.3 Å². The molecule has 0 aliphatic rings. The molecule has 2 heterocycles. The molecule has 20 heavy (non-hydrogen) atoms. The normalized spacial score (nSPS) is 11.5. The molecule has 0 bridgehead atoms. The van der Waals surface area contributed by atoms with E-state index < -0.39 is 0 Å². The molecule has 1 amide bonds. The lowest BCUT2D eigenvalue weighted by atomic mass is 10.3. The summed E-state index contributed by atoms with van der Waals surface area (Å²) in [5, 5.41) is 8.76. The molecule has 0 aliphatic carbocycles. The average Bonchev–Trinajstić information content (AvgIpc) is 3.13. The van der Waals surface area contributed by atoms with Crippen LogP contribution in [0.25, 0.3) is 0 Å². The molecule has 0 aliphatic heterocycles. The van der Waals surface area contributed by atoms with Crippen LogP contribution in [0.5, 0.6) is 0 Å². The van der Waals surface area contributed by atoms with Crippen LogP contribution in [-0.4, -0.2) is 27.2 Å². The van der Waals surface area contributed by atoms with Crippen LogP contribution in [0.1, 0.15) is 23.4 Å². The molecule has 3 N–H and O–H groups in total. The Morgan fingerprint density at radius 3 is 3.20 bits per heavy atom. The van der Waals surface area contributed by atoms with Crippen molar-refractivity contribution in [2.24, 2.45) is 5.73 Å². The van der Waals surface area contributed by atoms with Gasteiger partial charge in [0.05, 0.1) is 13.1 Å². The zero-order valence-corrected chi connectivity index (χ0v) is 11.9. The van der Waals surface area contributed by atoms with Crippen molar-refractivity contribution in [3.8, 4) is 11.8 Å². The molecule has 2 aromatic heterocycles. The zero-order valence-electron chi connectivity index (χ0n) is 11.0. The first-order valence-corrected chi connectivity index (χ1v) is 6.97. The van der Waals surface area contributed by atoms with Crippen LogP contribution in [0, 0.1) is 11.8 Å². The third-order valence-electron chi connectivity index (χ3n) is 2.64. The summed E-state index contributed by atoms with van der Waals surface area (Å²) in [6.07, 6.45) is 2.93. The van der Waals surface area contributed by atoms with Gasteiger partial charge in [-0.15, -0.1) is 11.3 Å². The van der Waals surface area contributed by atoms with Gasteiger partial charge in [0.15, 0.2) is 0 Å². The van der Waals surface area contributed by atoms with Gasteiger partial charge in [-0.1, -0.05) is 11.8 Å². The molecular weight excluding hydrogens is 274 g/mol. The number of thiophene rings is 1. The summed E-state index contributed by atoms with van der Waals surface area (Å²) in [5.74, 6) is 5.66. The topological polar surface area (TPSA) is 85.8 Å². The number of nitrogens with one attached hydrogen (secondary N) is 1. The van der Waals surface area contributed by atoms with E-state index in [1.54, 1.807) is 18.3 Å². The molecule has 6 nitrogen and oxygen atoms in total. The van der Waals surface area contributed by atoms with E-state index in [1.807, 2.05) is 11.4 Å². The minimum absolute atomic E-state index is 0.0986. The zero-order chi connectivity index (χ0) is 14.4. The smallest absolute Gasteiger partial charge is 0.244 e. The van der Waals surface area contributed by atoms with Crippen molar-refractivity contribution >= 4 is 17.2 Å². The van der Waals surface area contributed by atoms with Gasteiger partial charge in [-0.3, -0.25) is 4.79 Å². The molecule has 2 aromatic rings. The molecule has 1 atom stereocenters. The van der Waals surface area contributed by atoms with E-state index in [-0.39, 0.29) is 11.9 Å². The van der Waals surface area contributed by atoms with Gasteiger partial charge in [0.1, 0.15) is 18.7 Å². The molecule has 0 fully saturated rings. The summed E-state index contributed by atoms with van der Waals surface area (Å²) in [4.78, 5) is 16.8. The highest BCUT2D eigenvalue weighted by Crippen LogP contribution is 2.14. The molecule has 104 valence electrons. The number of hydrogen-bond acceptors (Lipinski definition) is 5. The SMILES string of the molecule is CC(C(=O)NCc1cc(C#CCN)cs1)n1cncn1. The standard InChI is InChI=1S/C13H15N5OS/c1-10(18-9-15-8-17-18)13(19)16-6-12-5-11(7-20-12)3-2-4-14/h5,7-10H,4,6,14H2,1H3,(H,16,19). The number of nitrogens with zero attached hydrogens (tertiary/aromatic N) is 3. The molecule has 0 radical (unpaired) electrons. The molecule has 0 aromatic carbocycles. The maximum Gasteiger partial charge on any atom is 0.244 e. The van der Waals surface area contributed by atoms with E-state index in [0.717, 1.165) is 10.4 Å². The Labute approximate surface area is 121 Å². The third-order valence-corrected chi connectivity index (χ3v) is 3.57. The fourth-order valence-corrected chi connectivity index (χ4v) is 2.31. The summed E-state index contributed by atoms with van der Waals surface area (Å²) in [7, 11) is 0. The Kier molecular flexibility index (Phi) is 4.87. The summed E-state index contributed by atoms with van der Waals surface area (Å²) >= 11 is 1.56. The second kappa shape index (κ2) is 6.84. The summed E-state index contributed by atoms with van der Waals surface area (Å²) < 4.78 is 1.52. The van der Waals surface area contributed by atoms with Crippen molar-refractivity contribution in [2.45, 2.75) is 19.5 Å². The fourth-order valence-electron chi connectivity index (χ4n) is 1.55. The van der Waals surface area contributed by atoms with E-state index in [2.05, 4.69) is 27.2 Å². The van der Waals surface area contributed by atoms with Crippen LogP contribution in [0.3, 0.4) is 0 Å². The highest BCUT2D eigenvalue weighted by atomic mass is 32.1. The van der Waals surface area contributed by atoms with Crippen LogP contribution >= 0.6 is 11.3 Å². The second-order valence-corrected chi connectivity index (χ2v) is 5.07. The predicted molar refractivity (Wildman–Crippen MR) is 76.8 cm³/mol. The lowest BCUT2D eigenvalue weighted by Crippen LogP contribution is -2.30. The molecular formula is C13H15N5OS. The Balaban J connectivity index is 1.88. The molecule has 0 saturated heterocycles. The van der Waals surface area contributed by atoms with Crippen molar-refractivity contribution < 1.29 is 4.79 Å². The number of amides is 1. The highest BCUT2D eigenvalue weighted by Gasteiger charge is 2.14. The maximum atomic E-state index is 12.0. The first-order valence-electron chi connectivity index (χ1n) is 6.09. The lowest BCUT2D eigenvalue weighted by Gasteiger charge is -2.11. The second-order valence-electron chi connectivity index (χ2n) is 4.08. The first-order chi connectivity index (χ1) is 9.70. The molecule has 2 rings (SSSR count). The number of rotatable bonds is 4. The minimum Gasteiger partial charge on any atom is -0.349 e. The van der Waals surface area contributed by atoms with Gasteiger partial charge >= 0.3 is 0 Å². The van der Waals surface area contributed by atoms with Gasteiger partial charge in [-0.2, -0.15) is 5.10 Å². The molecule has 0 spiro atoms. The van der Waals surface area contributed by atoms with Gasteiger partial charge in [0.25, 0.3) is 0 Å². The lowest BCUT2D eigenvalue weighted by molar-refractivity contribution is -0.124. The first kappa shape index (κ1) is 14.2. The van der Waals surface area contributed by atoms with E-state index in [0.29, 0.717) is 13.1 Å². The molecule has 7 heteroatoms. The fraction of sp³-hybridized carbons (Fsp3) is 0.308. The largest absolute Gasteiger partial charge is 0.349 e. The predicted octanol–water partition coefficient (Wildman–Crippen LogP) is 0.527. The third kappa shape index (κ3) is 3.66. The number of carbonyl (C=O) groups is 1. The van der Waals surface area contributed by atoms with Crippen molar-refractivity contribution in [1.29, 1.82) is 0 Å². The van der Waals surface area contributed by atoms with Gasteiger partial charge in [-0.25, -0.2) is 9.67 Å². The van der Waals surface area contributed by atoms with Crippen LogP contribution in [-0.2, 0) is 11.3 Å². The van der Waals surface area contributed by atoms with Gasteiger partial charge in [0.2, 0.25) is 5.91 Å². The number of aromatic nitrogens is 3. The van der Waals surface area contributed by atoms with Crippen LogP contribution < -0.4 is 11.1 Å². The van der Waals surface area contributed by atoms with Gasteiger partial charge < -0.3 is 11.1 Å². The van der Waals surface area contributed by atoms with Crippen LogP contribution in [0.2, 0.25) is 0 Å². The van der Waals surface area contributed by atoms with Crippen molar-refractivity contribution in [1.82, 2.24) is 20.1 Å². The Hall–Kier alpha value is -2.17. The summed E-state index contributed by atoms with van der Waals surface area (Å²) in [5.41, 5.74) is 6.25. The van der Waals surface area contributed by atoms with Gasteiger partial charge in [-0.05, 0) is 13.0 Å². The summed E-state index contributed by atoms with van der Waals surface area (Å²) in [6.45, 7) is 2.60. The van der Waals surface area contributed by atoms with Gasteiger partial charge in [0, 0.05) is 15.8 Å². The monoisotopic (exact) mass is 289 g/mol. The molecule has 1 unspecified atom stereocenters. The Morgan fingerprint density at radius 1 is 1.65 bits per heavy atom. The van der Waals surface area contributed by atoms with Crippen LogP contribution in [0.15, 0.2) is 24.1 Å². The minimum atomic E-state index is -0.381. The molecule has 0 saturated carbocycles. The van der Waals surface area contributed by atoms with Crippen LogP contribution in [0.4, 0.5) is 0 Å². The van der Waals surface area contributed by atoms with E-state index in [9.17, 15) is 4.79 Å².